The zero-order valence-corrected chi connectivity index (χ0v) is 10.6. The highest BCUT2D eigenvalue weighted by Gasteiger charge is 2.13. The molecular formula is C12H17N3O2. The Morgan fingerprint density at radius 2 is 2.12 bits per heavy atom. The lowest BCUT2D eigenvalue weighted by Crippen LogP contribution is -2.18. The fraction of sp³-hybridized carbons (Fsp3) is 0.500. The summed E-state index contributed by atoms with van der Waals surface area (Å²) in [6.07, 6.45) is 0. The Morgan fingerprint density at radius 1 is 1.35 bits per heavy atom. The van der Waals surface area contributed by atoms with Crippen molar-refractivity contribution in [3.8, 4) is 0 Å². The highest BCUT2D eigenvalue weighted by Crippen LogP contribution is 2.21. The van der Waals surface area contributed by atoms with Gasteiger partial charge in [0.1, 0.15) is 11.5 Å². The van der Waals surface area contributed by atoms with Gasteiger partial charge in [0.15, 0.2) is 5.82 Å². The molecule has 0 aromatic carbocycles. The second-order valence-electron chi connectivity index (χ2n) is 4.21. The van der Waals surface area contributed by atoms with Crippen LogP contribution in [0.3, 0.4) is 0 Å². The smallest absolute Gasteiger partial charge is 0.240 e. The first-order valence-corrected chi connectivity index (χ1v) is 5.65. The van der Waals surface area contributed by atoms with Crippen LogP contribution in [0.15, 0.2) is 15.0 Å². The van der Waals surface area contributed by atoms with Crippen molar-refractivity contribution in [1.82, 2.24) is 15.5 Å². The molecule has 5 heteroatoms. The summed E-state index contributed by atoms with van der Waals surface area (Å²) in [4.78, 5) is 4.14. The molecule has 2 heterocycles. The molecule has 0 saturated carbocycles. The maximum absolute atomic E-state index is 5.50. The molecule has 92 valence electrons. The molecule has 0 saturated heterocycles. The van der Waals surface area contributed by atoms with Gasteiger partial charge in [0.05, 0.1) is 6.54 Å². The molecule has 0 aliphatic heterocycles. The zero-order valence-electron chi connectivity index (χ0n) is 10.6. The number of nitrogens with one attached hydrogen (secondary N) is 1. The number of aromatic nitrogens is 2. The maximum atomic E-state index is 5.50. The minimum absolute atomic E-state index is 0.194. The number of aryl methyl sites for hydroxylation is 3. The number of furan rings is 1. The molecule has 1 unspecified atom stereocenters. The molecule has 2 aromatic heterocycles. The van der Waals surface area contributed by atoms with Crippen molar-refractivity contribution in [2.75, 3.05) is 0 Å². The fourth-order valence-electron chi connectivity index (χ4n) is 1.84. The molecule has 0 spiro atoms. The predicted octanol–water partition coefficient (Wildman–Crippen LogP) is 2.44. The van der Waals surface area contributed by atoms with E-state index in [4.69, 9.17) is 8.94 Å². The summed E-state index contributed by atoms with van der Waals surface area (Å²) < 4.78 is 10.5. The van der Waals surface area contributed by atoms with Gasteiger partial charge < -0.3 is 14.3 Å². The van der Waals surface area contributed by atoms with E-state index in [-0.39, 0.29) is 6.04 Å². The van der Waals surface area contributed by atoms with Crippen molar-refractivity contribution in [3.05, 3.63) is 34.9 Å². The Labute approximate surface area is 100 Å². The molecule has 0 fully saturated rings. The summed E-state index contributed by atoms with van der Waals surface area (Å²) in [5.74, 6) is 3.14. The van der Waals surface area contributed by atoms with E-state index in [1.54, 1.807) is 6.92 Å². The van der Waals surface area contributed by atoms with Crippen molar-refractivity contribution in [2.45, 2.75) is 40.3 Å². The summed E-state index contributed by atoms with van der Waals surface area (Å²) in [7, 11) is 0. The molecule has 17 heavy (non-hydrogen) atoms. The quantitative estimate of drug-likeness (QED) is 0.881. The normalized spacial score (nSPS) is 12.9. The van der Waals surface area contributed by atoms with Gasteiger partial charge in [-0.1, -0.05) is 5.16 Å². The minimum Gasteiger partial charge on any atom is -0.466 e. The van der Waals surface area contributed by atoms with E-state index in [1.165, 1.54) is 5.56 Å². The average Bonchev–Trinajstić information content (AvgIpc) is 2.81. The van der Waals surface area contributed by atoms with Crippen LogP contribution in [0.4, 0.5) is 0 Å². The van der Waals surface area contributed by atoms with Gasteiger partial charge in [0.2, 0.25) is 5.89 Å². The van der Waals surface area contributed by atoms with Gasteiger partial charge in [0.25, 0.3) is 0 Å². The third-order valence-electron chi connectivity index (χ3n) is 2.67. The van der Waals surface area contributed by atoms with Crippen LogP contribution in [0.25, 0.3) is 0 Å². The van der Waals surface area contributed by atoms with Gasteiger partial charge >= 0.3 is 0 Å². The molecular weight excluding hydrogens is 218 g/mol. The molecule has 2 rings (SSSR count). The summed E-state index contributed by atoms with van der Waals surface area (Å²) in [5.41, 5.74) is 1.17. The summed E-state index contributed by atoms with van der Waals surface area (Å²) in [6.45, 7) is 8.37. The van der Waals surface area contributed by atoms with Crippen LogP contribution in [-0.4, -0.2) is 10.1 Å². The van der Waals surface area contributed by atoms with Crippen LogP contribution in [0.1, 0.15) is 41.8 Å². The van der Waals surface area contributed by atoms with Crippen LogP contribution >= 0.6 is 0 Å². The van der Waals surface area contributed by atoms with Gasteiger partial charge in [-0.2, -0.15) is 4.98 Å². The Bertz CT molecular complexity index is 502. The van der Waals surface area contributed by atoms with E-state index in [0.29, 0.717) is 18.3 Å². The zero-order chi connectivity index (χ0) is 12.4. The van der Waals surface area contributed by atoms with E-state index in [9.17, 15) is 0 Å². The minimum atomic E-state index is 0.194. The van der Waals surface area contributed by atoms with Crippen LogP contribution in [0.5, 0.6) is 0 Å². The topological polar surface area (TPSA) is 64.1 Å². The SMILES string of the molecule is Cc1noc(CNC(C)c2cc(C)oc2C)n1. The first-order chi connectivity index (χ1) is 8.06. The molecule has 0 aliphatic rings. The van der Waals surface area contributed by atoms with Crippen molar-refractivity contribution in [2.24, 2.45) is 0 Å². The lowest BCUT2D eigenvalue weighted by atomic mass is 10.1. The molecule has 0 bridgehead atoms. The van der Waals surface area contributed by atoms with E-state index < -0.39 is 0 Å². The predicted molar refractivity (Wildman–Crippen MR) is 62.5 cm³/mol. The van der Waals surface area contributed by atoms with Crippen LogP contribution in [0, 0.1) is 20.8 Å². The van der Waals surface area contributed by atoms with Crippen LogP contribution < -0.4 is 5.32 Å². The molecule has 2 aromatic rings. The number of nitrogens with zero attached hydrogens (tertiary/aromatic N) is 2. The molecule has 0 radical (unpaired) electrons. The lowest BCUT2D eigenvalue weighted by molar-refractivity contribution is 0.357. The largest absolute Gasteiger partial charge is 0.466 e. The Morgan fingerprint density at radius 3 is 2.65 bits per heavy atom. The van der Waals surface area contributed by atoms with Gasteiger partial charge in [-0.3, -0.25) is 0 Å². The number of hydrogen-bond acceptors (Lipinski definition) is 5. The summed E-state index contributed by atoms with van der Waals surface area (Å²) >= 11 is 0. The Balaban J connectivity index is 1.97. The second-order valence-corrected chi connectivity index (χ2v) is 4.21. The molecule has 1 atom stereocenters. The van der Waals surface area contributed by atoms with Crippen molar-refractivity contribution in [3.63, 3.8) is 0 Å². The molecule has 0 aliphatic carbocycles. The van der Waals surface area contributed by atoms with E-state index in [0.717, 1.165) is 11.5 Å². The van der Waals surface area contributed by atoms with Crippen LogP contribution in [0.2, 0.25) is 0 Å². The monoisotopic (exact) mass is 235 g/mol. The van der Waals surface area contributed by atoms with E-state index in [1.807, 2.05) is 19.9 Å². The third-order valence-corrected chi connectivity index (χ3v) is 2.67. The molecule has 0 amide bonds. The third kappa shape index (κ3) is 2.74. The van der Waals surface area contributed by atoms with Crippen LogP contribution in [-0.2, 0) is 6.54 Å². The maximum Gasteiger partial charge on any atom is 0.240 e. The number of hydrogen-bond donors (Lipinski definition) is 1. The van der Waals surface area contributed by atoms with Crippen molar-refractivity contribution >= 4 is 0 Å². The first-order valence-electron chi connectivity index (χ1n) is 5.65. The fourth-order valence-corrected chi connectivity index (χ4v) is 1.84. The standard InChI is InChI=1S/C12H17N3O2/c1-7-5-11(9(3)16-7)8(2)13-6-12-14-10(4)15-17-12/h5,8,13H,6H2,1-4H3. The highest BCUT2D eigenvalue weighted by molar-refractivity contribution is 5.23. The summed E-state index contributed by atoms with van der Waals surface area (Å²) in [5, 5.41) is 7.07. The van der Waals surface area contributed by atoms with E-state index in [2.05, 4.69) is 22.4 Å². The Kier molecular flexibility index (Phi) is 3.28. The van der Waals surface area contributed by atoms with Gasteiger partial charge in [-0.25, -0.2) is 0 Å². The second kappa shape index (κ2) is 4.71. The summed E-state index contributed by atoms with van der Waals surface area (Å²) in [6, 6.07) is 2.24. The van der Waals surface area contributed by atoms with Gasteiger partial charge in [-0.15, -0.1) is 0 Å². The van der Waals surface area contributed by atoms with Gasteiger partial charge in [0, 0.05) is 11.6 Å². The number of rotatable bonds is 4. The average molecular weight is 235 g/mol. The lowest BCUT2D eigenvalue weighted by Gasteiger charge is -2.10. The molecule has 5 nitrogen and oxygen atoms in total. The van der Waals surface area contributed by atoms with Gasteiger partial charge in [-0.05, 0) is 33.8 Å². The molecule has 1 N–H and O–H groups in total. The Hall–Kier alpha value is -1.62. The van der Waals surface area contributed by atoms with E-state index >= 15 is 0 Å². The van der Waals surface area contributed by atoms with Crippen molar-refractivity contribution in [1.29, 1.82) is 0 Å². The first kappa shape index (κ1) is 11.9. The van der Waals surface area contributed by atoms with Crippen molar-refractivity contribution < 1.29 is 8.94 Å². The highest BCUT2D eigenvalue weighted by atomic mass is 16.5.